The van der Waals surface area contributed by atoms with Crippen molar-refractivity contribution in [3.8, 4) is 6.07 Å². The third-order valence-corrected chi connectivity index (χ3v) is 2.17. The fraction of sp³-hybridized carbons (Fsp3) is 0.667. The lowest BCUT2D eigenvalue weighted by Crippen LogP contribution is -2.36. The molecule has 1 heterocycles. The maximum atomic E-state index is 10.6. The first-order valence-electron chi connectivity index (χ1n) is 4.19. The second kappa shape index (κ2) is 4.22. The van der Waals surface area contributed by atoms with Crippen LogP contribution in [0.25, 0.3) is 0 Å². The zero-order valence-electron chi connectivity index (χ0n) is 7.12. The summed E-state index contributed by atoms with van der Waals surface area (Å²) in [6, 6.07) is 2.25. The highest BCUT2D eigenvalue weighted by Gasteiger charge is 2.18. The summed E-state index contributed by atoms with van der Waals surface area (Å²) in [5, 5.41) is 8.61. The molecule has 0 bridgehead atoms. The Bertz CT molecular complexity index is 199. The van der Waals surface area contributed by atoms with Crippen molar-refractivity contribution in [3.05, 3.63) is 6.92 Å². The molecule has 0 atom stereocenters. The Balaban J connectivity index is 2.27. The number of nitriles is 1. The van der Waals surface area contributed by atoms with Crippen LogP contribution in [0.5, 0.6) is 0 Å². The normalized spacial score (nSPS) is 20.3. The number of carbonyl (C=O) groups excluding carboxylic acids is 1. The van der Waals surface area contributed by atoms with E-state index < -0.39 is 0 Å². The van der Waals surface area contributed by atoms with E-state index in [2.05, 4.69) is 17.9 Å². The lowest BCUT2D eigenvalue weighted by molar-refractivity contribution is -0.116. The predicted octanol–water partition coefficient (Wildman–Crippen LogP) is 0.625. The van der Waals surface area contributed by atoms with Gasteiger partial charge in [-0.1, -0.05) is 0 Å². The molecule has 1 saturated heterocycles. The van der Waals surface area contributed by atoms with Gasteiger partial charge in [-0.25, -0.2) is 0 Å². The average molecular weight is 165 g/mol. The molecule has 0 spiro atoms. The minimum atomic E-state index is -0.0367. The molecule has 1 rings (SSSR count). The van der Waals surface area contributed by atoms with Gasteiger partial charge in [-0.15, -0.1) is 0 Å². The molecule has 3 nitrogen and oxygen atoms in total. The molecule has 0 aromatic rings. The summed E-state index contributed by atoms with van der Waals surface area (Å²) in [4.78, 5) is 12.7. The minimum absolute atomic E-state index is 0.0367. The zero-order valence-corrected chi connectivity index (χ0v) is 7.12. The van der Waals surface area contributed by atoms with E-state index in [1.54, 1.807) is 0 Å². The highest BCUT2D eigenvalue weighted by atomic mass is 16.1. The van der Waals surface area contributed by atoms with E-state index in [9.17, 15) is 4.79 Å². The van der Waals surface area contributed by atoms with Crippen LogP contribution in [0, 0.1) is 24.2 Å². The van der Waals surface area contributed by atoms with E-state index in [-0.39, 0.29) is 11.7 Å². The molecule has 0 saturated carbocycles. The fourth-order valence-corrected chi connectivity index (χ4v) is 1.47. The molecule has 12 heavy (non-hydrogen) atoms. The summed E-state index contributed by atoms with van der Waals surface area (Å²) < 4.78 is 0. The average Bonchev–Trinajstić information content (AvgIpc) is 2.05. The molecule has 1 radical (unpaired) electrons. The molecule has 3 heteroatoms. The van der Waals surface area contributed by atoms with Gasteiger partial charge in [0.25, 0.3) is 0 Å². The molecule has 0 N–H and O–H groups in total. The number of piperidine rings is 1. The van der Waals surface area contributed by atoms with Crippen LogP contribution in [0.2, 0.25) is 0 Å². The second-order valence-corrected chi connectivity index (χ2v) is 3.22. The van der Waals surface area contributed by atoms with Gasteiger partial charge in [0.2, 0.25) is 0 Å². The van der Waals surface area contributed by atoms with Crippen molar-refractivity contribution in [2.24, 2.45) is 5.92 Å². The Hall–Kier alpha value is -0.880. The summed E-state index contributed by atoms with van der Waals surface area (Å²) in [7, 11) is 0. The SMILES string of the molecule is [CH2]C(=O)CN1CCC(C#N)CC1. The zero-order chi connectivity index (χ0) is 8.97. The van der Waals surface area contributed by atoms with Crippen molar-refractivity contribution in [1.82, 2.24) is 4.90 Å². The number of carbonyl (C=O) groups is 1. The molecule has 1 fully saturated rings. The summed E-state index contributed by atoms with van der Waals surface area (Å²) in [5.74, 6) is 0.159. The van der Waals surface area contributed by atoms with E-state index in [0.29, 0.717) is 6.54 Å². The number of ketones is 1. The first kappa shape index (κ1) is 9.21. The van der Waals surface area contributed by atoms with Gasteiger partial charge in [-0.3, -0.25) is 9.69 Å². The molecule has 0 aromatic heterocycles. The van der Waals surface area contributed by atoms with Gasteiger partial charge in [-0.2, -0.15) is 5.26 Å². The third-order valence-electron chi connectivity index (χ3n) is 2.17. The Morgan fingerprint density at radius 1 is 1.58 bits per heavy atom. The monoisotopic (exact) mass is 165 g/mol. The summed E-state index contributed by atoms with van der Waals surface area (Å²) in [6.07, 6.45) is 1.79. The molecule has 1 aliphatic rings. The largest absolute Gasteiger partial charge is 0.298 e. The van der Waals surface area contributed by atoms with Gasteiger partial charge in [0.05, 0.1) is 12.6 Å². The number of hydrogen-bond acceptors (Lipinski definition) is 3. The topological polar surface area (TPSA) is 44.1 Å². The number of hydrogen-bond donors (Lipinski definition) is 0. The van der Waals surface area contributed by atoms with Crippen molar-refractivity contribution in [2.45, 2.75) is 12.8 Å². The highest BCUT2D eigenvalue weighted by Crippen LogP contribution is 2.15. The van der Waals surface area contributed by atoms with E-state index in [1.807, 2.05) is 0 Å². The van der Waals surface area contributed by atoms with Gasteiger partial charge in [0.15, 0.2) is 0 Å². The van der Waals surface area contributed by atoms with Crippen LogP contribution < -0.4 is 0 Å². The minimum Gasteiger partial charge on any atom is -0.298 e. The van der Waals surface area contributed by atoms with Crippen LogP contribution in [-0.2, 0) is 4.79 Å². The predicted molar refractivity (Wildman–Crippen MR) is 45.1 cm³/mol. The van der Waals surface area contributed by atoms with Crippen LogP contribution in [0.15, 0.2) is 0 Å². The van der Waals surface area contributed by atoms with E-state index in [4.69, 9.17) is 5.26 Å². The van der Waals surface area contributed by atoms with Crippen molar-refractivity contribution in [1.29, 1.82) is 5.26 Å². The number of Topliss-reactive ketones (excluding diaryl/α,β-unsaturated/α-hetero) is 1. The van der Waals surface area contributed by atoms with E-state index in [0.717, 1.165) is 25.9 Å². The lowest BCUT2D eigenvalue weighted by atomic mass is 9.98. The van der Waals surface area contributed by atoms with Gasteiger partial charge >= 0.3 is 0 Å². The van der Waals surface area contributed by atoms with Crippen molar-refractivity contribution in [3.63, 3.8) is 0 Å². The fourth-order valence-electron chi connectivity index (χ4n) is 1.47. The summed E-state index contributed by atoms with van der Waals surface area (Å²) in [6.45, 7) is 5.49. The standard InChI is InChI=1S/C9H13N2O/c1-8(12)7-11-4-2-9(6-10)3-5-11/h9H,1-5,7H2. The third kappa shape index (κ3) is 2.63. The summed E-state index contributed by atoms with van der Waals surface area (Å²) >= 11 is 0. The molecule has 0 aliphatic carbocycles. The Kier molecular flexibility index (Phi) is 3.24. The molecular formula is C9H13N2O. The second-order valence-electron chi connectivity index (χ2n) is 3.22. The van der Waals surface area contributed by atoms with Gasteiger partial charge in [-0.05, 0) is 25.9 Å². The van der Waals surface area contributed by atoms with Gasteiger partial charge in [0.1, 0.15) is 5.78 Å². The Morgan fingerprint density at radius 2 is 2.17 bits per heavy atom. The Morgan fingerprint density at radius 3 is 2.58 bits per heavy atom. The number of likely N-dealkylation sites (tertiary alicyclic amines) is 1. The first-order chi connectivity index (χ1) is 5.72. The van der Waals surface area contributed by atoms with E-state index >= 15 is 0 Å². The van der Waals surface area contributed by atoms with Crippen molar-refractivity contribution in [2.75, 3.05) is 19.6 Å². The maximum absolute atomic E-state index is 10.6. The van der Waals surface area contributed by atoms with Gasteiger partial charge < -0.3 is 0 Å². The first-order valence-corrected chi connectivity index (χ1v) is 4.19. The van der Waals surface area contributed by atoms with Crippen molar-refractivity contribution < 1.29 is 4.79 Å². The lowest BCUT2D eigenvalue weighted by Gasteiger charge is -2.27. The molecule has 65 valence electrons. The van der Waals surface area contributed by atoms with Gasteiger partial charge in [0, 0.05) is 12.8 Å². The van der Waals surface area contributed by atoms with Crippen LogP contribution >= 0.6 is 0 Å². The molecule has 0 amide bonds. The molecule has 0 aromatic carbocycles. The van der Waals surface area contributed by atoms with Crippen molar-refractivity contribution >= 4 is 5.78 Å². The van der Waals surface area contributed by atoms with Crippen LogP contribution in [0.3, 0.4) is 0 Å². The van der Waals surface area contributed by atoms with Crippen LogP contribution in [0.4, 0.5) is 0 Å². The maximum Gasteiger partial charge on any atom is 0.147 e. The Labute approximate surface area is 73.0 Å². The number of rotatable bonds is 2. The highest BCUT2D eigenvalue weighted by molar-refractivity contribution is 5.84. The molecule has 1 aliphatic heterocycles. The van der Waals surface area contributed by atoms with Crippen LogP contribution in [-0.4, -0.2) is 30.3 Å². The number of nitrogens with zero attached hydrogens (tertiary/aromatic N) is 2. The van der Waals surface area contributed by atoms with E-state index in [1.165, 1.54) is 0 Å². The quantitative estimate of drug-likeness (QED) is 0.602. The van der Waals surface area contributed by atoms with Crippen LogP contribution in [0.1, 0.15) is 12.8 Å². The summed E-state index contributed by atoms with van der Waals surface area (Å²) in [5.41, 5.74) is 0. The smallest absolute Gasteiger partial charge is 0.147 e. The molecular weight excluding hydrogens is 152 g/mol. The molecule has 0 unspecified atom stereocenters.